The van der Waals surface area contributed by atoms with Crippen LogP contribution < -0.4 is 0 Å². The topological polar surface area (TPSA) is 40.9 Å². The summed E-state index contributed by atoms with van der Waals surface area (Å²) in [5.41, 5.74) is -0.293. The molecule has 0 radical (unpaired) electrons. The summed E-state index contributed by atoms with van der Waals surface area (Å²) in [6.07, 6.45) is 3.20. The number of rotatable bonds is 3. The number of hydrogen-bond donors (Lipinski definition) is 0. The van der Waals surface area contributed by atoms with Gasteiger partial charge in [-0.05, 0) is 17.7 Å². The van der Waals surface area contributed by atoms with Crippen molar-refractivity contribution in [3.63, 3.8) is 0 Å². The largest absolute Gasteiger partial charge is 0.298 e. The second-order valence-electron chi connectivity index (χ2n) is 2.78. The van der Waals surface area contributed by atoms with Crippen molar-refractivity contribution in [1.82, 2.24) is 0 Å². The predicted molar refractivity (Wildman–Crippen MR) is 51.0 cm³/mol. The van der Waals surface area contributed by atoms with E-state index >= 15 is 0 Å². The molecule has 0 saturated carbocycles. The van der Waals surface area contributed by atoms with Gasteiger partial charge in [0.15, 0.2) is 6.29 Å². The van der Waals surface area contributed by atoms with Crippen LogP contribution in [0.1, 0.15) is 22.3 Å². The maximum Gasteiger partial charge on any atom is 0.155 e. The first-order valence-corrected chi connectivity index (χ1v) is 4.16. The molecular weight excluding hydrogens is 200 g/mol. The molecule has 0 unspecified atom stereocenters. The van der Waals surface area contributed by atoms with Crippen LogP contribution in [0.2, 0.25) is 0 Å². The number of hydrogen-bond acceptors (Lipinski definition) is 2. The quantitative estimate of drug-likeness (QED) is 0.715. The Morgan fingerprint density at radius 3 is 2.40 bits per heavy atom. The molecule has 0 fully saturated rings. The summed E-state index contributed by atoms with van der Waals surface area (Å²) in [6, 6.07) is 3.94. The Labute approximate surface area is 85.5 Å². The molecule has 1 aromatic rings. The summed E-state index contributed by atoms with van der Waals surface area (Å²) in [6.45, 7) is 0. The highest BCUT2D eigenvalue weighted by Crippen LogP contribution is 2.14. The monoisotopic (exact) mass is 207 g/mol. The Hall–Kier alpha value is -2.02. The van der Waals surface area contributed by atoms with Gasteiger partial charge in [0.25, 0.3) is 0 Å². The van der Waals surface area contributed by atoms with Crippen molar-refractivity contribution in [1.29, 1.82) is 5.26 Å². The Morgan fingerprint density at radius 1 is 1.33 bits per heavy atom. The number of aldehydes is 1. The molecule has 0 N–H and O–H groups in total. The first-order valence-electron chi connectivity index (χ1n) is 4.16. The Bertz CT molecular complexity index is 423. The van der Waals surface area contributed by atoms with E-state index in [0.29, 0.717) is 0 Å². The average molecular weight is 207 g/mol. The van der Waals surface area contributed by atoms with Gasteiger partial charge in [-0.2, -0.15) is 5.26 Å². The minimum absolute atomic E-state index is 0.132. The molecule has 4 heteroatoms. The number of carbonyl (C=O) groups is 1. The molecule has 0 spiro atoms. The van der Waals surface area contributed by atoms with Gasteiger partial charge in [0.1, 0.15) is 11.6 Å². The van der Waals surface area contributed by atoms with Gasteiger partial charge < -0.3 is 0 Å². The highest BCUT2D eigenvalue weighted by Gasteiger charge is 2.08. The lowest BCUT2D eigenvalue weighted by Crippen LogP contribution is -1.94. The van der Waals surface area contributed by atoms with Gasteiger partial charge in [0.2, 0.25) is 0 Å². The summed E-state index contributed by atoms with van der Waals surface area (Å²) in [7, 11) is 0. The standard InChI is InChI=1S/C11H7F2NO/c12-10-5-8(3-1-2-4-14)6-11(13)9(10)7-15/h1,3,5-7H,2H2. The Kier molecular flexibility index (Phi) is 3.69. The smallest absolute Gasteiger partial charge is 0.155 e. The van der Waals surface area contributed by atoms with Crippen LogP contribution in [0, 0.1) is 23.0 Å². The number of benzene rings is 1. The van der Waals surface area contributed by atoms with Crippen molar-refractivity contribution in [2.75, 3.05) is 0 Å². The Balaban J connectivity index is 3.04. The van der Waals surface area contributed by atoms with Crippen molar-refractivity contribution in [2.24, 2.45) is 0 Å². The highest BCUT2D eigenvalue weighted by molar-refractivity contribution is 5.76. The SMILES string of the molecule is N#CCC=Cc1cc(F)c(C=O)c(F)c1. The molecule has 15 heavy (non-hydrogen) atoms. The lowest BCUT2D eigenvalue weighted by molar-refractivity contribution is 0.111. The van der Waals surface area contributed by atoms with E-state index in [4.69, 9.17) is 5.26 Å². The number of halogens is 2. The molecule has 0 saturated heterocycles. The number of nitrogens with zero attached hydrogens (tertiary/aromatic N) is 1. The summed E-state index contributed by atoms with van der Waals surface area (Å²) in [4.78, 5) is 10.3. The molecule has 0 aliphatic heterocycles. The minimum Gasteiger partial charge on any atom is -0.298 e. The summed E-state index contributed by atoms with van der Waals surface area (Å²) in [5, 5.41) is 8.24. The fourth-order valence-corrected chi connectivity index (χ4v) is 1.06. The summed E-state index contributed by atoms with van der Waals surface area (Å²) >= 11 is 0. The third kappa shape index (κ3) is 2.71. The Morgan fingerprint density at radius 2 is 1.93 bits per heavy atom. The predicted octanol–water partition coefficient (Wildman–Crippen LogP) is 2.70. The van der Waals surface area contributed by atoms with E-state index in [2.05, 4.69) is 0 Å². The minimum atomic E-state index is -0.901. The van der Waals surface area contributed by atoms with Gasteiger partial charge in [-0.25, -0.2) is 8.78 Å². The molecule has 0 atom stereocenters. The van der Waals surface area contributed by atoms with Crippen molar-refractivity contribution in [3.8, 4) is 6.07 Å². The van der Waals surface area contributed by atoms with Crippen molar-refractivity contribution in [2.45, 2.75) is 6.42 Å². The fraction of sp³-hybridized carbons (Fsp3) is 0.0909. The van der Waals surface area contributed by atoms with E-state index in [0.717, 1.165) is 12.1 Å². The van der Waals surface area contributed by atoms with Gasteiger partial charge in [-0.1, -0.05) is 12.2 Å². The zero-order valence-corrected chi connectivity index (χ0v) is 7.71. The van der Waals surface area contributed by atoms with E-state index in [1.54, 1.807) is 0 Å². The second kappa shape index (κ2) is 5.01. The molecule has 1 rings (SSSR count). The zero-order valence-electron chi connectivity index (χ0n) is 7.71. The molecule has 0 aliphatic rings. The molecule has 2 nitrogen and oxygen atoms in total. The highest BCUT2D eigenvalue weighted by atomic mass is 19.1. The fourth-order valence-electron chi connectivity index (χ4n) is 1.06. The van der Waals surface area contributed by atoms with Crippen LogP contribution in [-0.2, 0) is 0 Å². The maximum absolute atomic E-state index is 13.1. The molecule has 1 aromatic carbocycles. The van der Waals surface area contributed by atoms with E-state index in [1.807, 2.05) is 6.07 Å². The van der Waals surface area contributed by atoms with Gasteiger partial charge in [0, 0.05) is 0 Å². The number of allylic oxidation sites excluding steroid dienone is 1. The number of nitriles is 1. The van der Waals surface area contributed by atoms with Crippen LogP contribution in [0.5, 0.6) is 0 Å². The van der Waals surface area contributed by atoms with Crippen molar-refractivity contribution < 1.29 is 13.6 Å². The van der Waals surface area contributed by atoms with Gasteiger partial charge in [-0.3, -0.25) is 4.79 Å². The van der Waals surface area contributed by atoms with E-state index in [-0.39, 0.29) is 18.3 Å². The third-order valence-corrected chi connectivity index (χ3v) is 1.74. The molecule has 0 amide bonds. The number of carbonyl (C=O) groups excluding carboxylic acids is 1. The van der Waals surface area contributed by atoms with Crippen LogP contribution in [0.4, 0.5) is 8.78 Å². The van der Waals surface area contributed by atoms with Crippen LogP contribution in [0.25, 0.3) is 6.08 Å². The van der Waals surface area contributed by atoms with Crippen LogP contribution in [0.3, 0.4) is 0 Å². The third-order valence-electron chi connectivity index (χ3n) is 1.74. The van der Waals surface area contributed by atoms with Crippen molar-refractivity contribution in [3.05, 3.63) is 41.0 Å². The van der Waals surface area contributed by atoms with Gasteiger partial charge >= 0.3 is 0 Å². The van der Waals surface area contributed by atoms with Crippen LogP contribution in [-0.4, -0.2) is 6.29 Å². The average Bonchev–Trinajstić information content (AvgIpc) is 2.18. The summed E-state index contributed by atoms with van der Waals surface area (Å²) < 4.78 is 26.1. The maximum atomic E-state index is 13.1. The van der Waals surface area contributed by atoms with Crippen LogP contribution in [0.15, 0.2) is 18.2 Å². The summed E-state index contributed by atoms with van der Waals surface area (Å²) in [5.74, 6) is -1.80. The second-order valence-corrected chi connectivity index (χ2v) is 2.78. The first-order chi connectivity index (χ1) is 7.19. The van der Waals surface area contributed by atoms with Crippen molar-refractivity contribution >= 4 is 12.4 Å². The molecule has 0 aliphatic carbocycles. The van der Waals surface area contributed by atoms with E-state index < -0.39 is 17.2 Å². The van der Waals surface area contributed by atoms with E-state index in [9.17, 15) is 13.6 Å². The van der Waals surface area contributed by atoms with Gasteiger partial charge in [0.05, 0.1) is 18.1 Å². The van der Waals surface area contributed by atoms with E-state index in [1.165, 1.54) is 12.2 Å². The van der Waals surface area contributed by atoms with Gasteiger partial charge in [-0.15, -0.1) is 0 Å². The molecule has 0 bridgehead atoms. The molecule has 0 heterocycles. The molecular formula is C11H7F2NO. The molecule has 76 valence electrons. The van der Waals surface area contributed by atoms with Crippen LogP contribution >= 0.6 is 0 Å². The normalized spacial score (nSPS) is 10.2. The zero-order chi connectivity index (χ0) is 11.3. The first kappa shape index (κ1) is 11.1. The lowest BCUT2D eigenvalue weighted by Gasteiger charge is -1.99. The lowest BCUT2D eigenvalue weighted by atomic mass is 10.1. The molecule has 0 aromatic heterocycles.